The fourth-order valence-electron chi connectivity index (χ4n) is 5.15. The third kappa shape index (κ3) is 5.05. The number of amides is 1. The minimum atomic E-state index is -0.322. The molecule has 6 heteroatoms. The Balaban J connectivity index is 1.54. The third-order valence-electron chi connectivity index (χ3n) is 7.39. The van der Waals surface area contributed by atoms with E-state index in [-0.39, 0.29) is 23.3 Å². The fraction of sp³-hybridized carbons (Fsp3) is 0.258. The van der Waals surface area contributed by atoms with Crippen LogP contribution in [0.4, 0.5) is 5.95 Å². The number of aromatic nitrogens is 2. The van der Waals surface area contributed by atoms with E-state index in [1.54, 1.807) is 4.57 Å². The van der Waals surface area contributed by atoms with Crippen molar-refractivity contribution in [2.24, 2.45) is 0 Å². The molecule has 1 aliphatic carbocycles. The summed E-state index contributed by atoms with van der Waals surface area (Å²) in [6.45, 7) is 4.73. The summed E-state index contributed by atoms with van der Waals surface area (Å²) in [4.78, 5) is 31.8. The number of rotatable bonds is 8. The van der Waals surface area contributed by atoms with E-state index in [4.69, 9.17) is 4.98 Å². The molecule has 3 aromatic carbocycles. The van der Waals surface area contributed by atoms with E-state index in [1.807, 2.05) is 66.7 Å². The number of nitrogens with one attached hydrogen (secondary N) is 2. The summed E-state index contributed by atoms with van der Waals surface area (Å²) >= 11 is 0. The molecule has 1 heterocycles. The van der Waals surface area contributed by atoms with Crippen molar-refractivity contribution in [2.45, 2.75) is 51.5 Å². The van der Waals surface area contributed by atoms with E-state index in [0.717, 1.165) is 35.1 Å². The van der Waals surface area contributed by atoms with Crippen LogP contribution < -0.4 is 16.4 Å². The zero-order chi connectivity index (χ0) is 25.8. The fourth-order valence-corrected chi connectivity index (χ4v) is 5.15. The van der Waals surface area contributed by atoms with Crippen molar-refractivity contribution in [3.8, 4) is 11.3 Å². The number of aryl methyl sites for hydroxylation is 1. The lowest BCUT2D eigenvalue weighted by Crippen LogP contribution is -2.42. The average Bonchev–Trinajstić information content (AvgIpc) is 2.92. The van der Waals surface area contributed by atoms with Gasteiger partial charge in [-0.3, -0.25) is 25.0 Å². The van der Waals surface area contributed by atoms with E-state index in [0.29, 0.717) is 24.6 Å². The molecular formula is C31H32N4O2. The molecule has 6 nitrogen and oxygen atoms in total. The number of anilines is 1. The highest BCUT2D eigenvalue weighted by atomic mass is 16.2. The maximum atomic E-state index is 14.1. The van der Waals surface area contributed by atoms with Gasteiger partial charge in [0.1, 0.15) is 0 Å². The number of hydrogen-bond acceptors (Lipinski definition) is 4. The predicted octanol–water partition coefficient (Wildman–Crippen LogP) is 5.06. The normalized spacial score (nSPS) is 15.9. The SMILES string of the molecule is CC[C@@]1(C)Cc2ccccc2-c2nc(NNC(=O)Cc3ccccc3)n(CCc3ccccc3)c(=O)c21. The van der Waals surface area contributed by atoms with Gasteiger partial charge >= 0.3 is 0 Å². The van der Waals surface area contributed by atoms with Crippen molar-refractivity contribution in [3.63, 3.8) is 0 Å². The molecule has 0 aliphatic heterocycles. The highest BCUT2D eigenvalue weighted by Gasteiger charge is 2.38. The first-order valence-corrected chi connectivity index (χ1v) is 12.8. The van der Waals surface area contributed by atoms with E-state index < -0.39 is 0 Å². The van der Waals surface area contributed by atoms with Gasteiger partial charge in [0.25, 0.3) is 5.56 Å². The van der Waals surface area contributed by atoms with Crippen LogP contribution in [0.2, 0.25) is 0 Å². The van der Waals surface area contributed by atoms with Gasteiger partial charge in [-0.2, -0.15) is 0 Å². The van der Waals surface area contributed by atoms with Gasteiger partial charge in [-0.25, -0.2) is 4.98 Å². The molecule has 1 aliphatic rings. The van der Waals surface area contributed by atoms with E-state index >= 15 is 0 Å². The minimum absolute atomic E-state index is 0.0559. The Morgan fingerprint density at radius 1 is 0.946 bits per heavy atom. The maximum absolute atomic E-state index is 14.1. The summed E-state index contributed by atoms with van der Waals surface area (Å²) in [5.74, 6) is 0.142. The largest absolute Gasteiger partial charge is 0.277 e. The quantitative estimate of drug-likeness (QED) is 0.337. The second kappa shape index (κ2) is 10.4. The van der Waals surface area contributed by atoms with Gasteiger partial charge in [-0.05, 0) is 36.0 Å². The molecule has 0 fully saturated rings. The van der Waals surface area contributed by atoms with Crippen LogP contribution in [-0.4, -0.2) is 15.5 Å². The van der Waals surface area contributed by atoms with Crippen LogP contribution in [0.5, 0.6) is 0 Å². The van der Waals surface area contributed by atoms with Crippen molar-refractivity contribution in [3.05, 3.63) is 118 Å². The number of carbonyl (C=O) groups is 1. The van der Waals surface area contributed by atoms with Gasteiger partial charge in [-0.1, -0.05) is 98.8 Å². The molecule has 37 heavy (non-hydrogen) atoms. The smallest absolute Gasteiger partial charge is 0.259 e. The van der Waals surface area contributed by atoms with Gasteiger partial charge in [-0.15, -0.1) is 0 Å². The van der Waals surface area contributed by atoms with Crippen molar-refractivity contribution in [1.82, 2.24) is 15.0 Å². The summed E-state index contributed by atoms with van der Waals surface area (Å²) in [5.41, 5.74) is 11.0. The van der Waals surface area contributed by atoms with Gasteiger partial charge < -0.3 is 0 Å². The first-order chi connectivity index (χ1) is 18.0. The molecule has 1 amide bonds. The maximum Gasteiger partial charge on any atom is 0.259 e. The zero-order valence-electron chi connectivity index (χ0n) is 21.3. The number of benzene rings is 3. The third-order valence-corrected chi connectivity index (χ3v) is 7.39. The van der Waals surface area contributed by atoms with Crippen molar-refractivity contribution < 1.29 is 4.79 Å². The zero-order valence-corrected chi connectivity index (χ0v) is 21.3. The van der Waals surface area contributed by atoms with Crippen LogP contribution in [0, 0.1) is 0 Å². The Morgan fingerprint density at radius 3 is 2.30 bits per heavy atom. The Labute approximate surface area is 217 Å². The van der Waals surface area contributed by atoms with Gasteiger partial charge in [0, 0.05) is 17.5 Å². The van der Waals surface area contributed by atoms with Crippen LogP contribution in [0.1, 0.15) is 42.5 Å². The molecule has 188 valence electrons. The molecule has 0 bridgehead atoms. The molecule has 2 N–H and O–H groups in total. The highest BCUT2D eigenvalue weighted by molar-refractivity contribution is 5.79. The molecule has 0 radical (unpaired) electrons. The summed E-state index contributed by atoms with van der Waals surface area (Å²) in [5, 5.41) is 0. The van der Waals surface area contributed by atoms with Gasteiger partial charge in [0.2, 0.25) is 11.9 Å². The standard InChI is InChI=1S/C31H32N4O2/c1-3-31(2)21-24-16-10-11-17-25(24)28-27(31)29(37)35(19-18-22-12-6-4-7-13-22)30(32-28)34-33-26(36)20-23-14-8-5-9-15-23/h4-17H,3,18-21H2,1-2H3,(H,32,34)(H,33,36)/t31-/m0/s1. The Kier molecular flexibility index (Phi) is 6.91. The number of nitrogens with zero attached hydrogens (tertiary/aromatic N) is 2. The lowest BCUT2D eigenvalue weighted by molar-refractivity contribution is -0.119. The lowest BCUT2D eigenvalue weighted by Gasteiger charge is -2.36. The monoisotopic (exact) mass is 492 g/mol. The first-order valence-electron chi connectivity index (χ1n) is 12.8. The molecule has 1 atom stereocenters. The van der Waals surface area contributed by atoms with Gasteiger partial charge in [0.05, 0.1) is 17.7 Å². The summed E-state index contributed by atoms with van der Waals surface area (Å²) in [7, 11) is 0. The minimum Gasteiger partial charge on any atom is -0.277 e. The summed E-state index contributed by atoms with van der Waals surface area (Å²) in [6, 6.07) is 27.8. The van der Waals surface area contributed by atoms with E-state index in [9.17, 15) is 9.59 Å². The number of hydrogen-bond donors (Lipinski definition) is 2. The first kappa shape index (κ1) is 24.5. The topological polar surface area (TPSA) is 76.0 Å². The summed E-state index contributed by atoms with van der Waals surface area (Å²) < 4.78 is 1.68. The Morgan fingerprint density at radius 2 is 1.59 bits per heavy atom. The molecular weight excluding hydrogens is 460 g/mol. The van der Waals surface area contributed by atoms with Crippen molar-refractivity contribution in [1.29, 1.82) is 0 Å². The summed E-state index contributed by atoms with van der Waals surface area (Å²) in [6.07, 6.45) is 2.52. The van der Waals surface area contributed by atoms with Crippen LogP contribution in [0.3, 0.4) is 0 Å². The van der Waals surface area contributed by atoms with Crippen molar-refractivity contribution >= 4 is 11.9 Å². The number of fused-ring (bicyclic) bond motifs is 3. The second-order valence-electron chi connectivity index (χ2n) is 9.94. The molecule has 0 spiro atoms. The Hall–Kier alpha value is -4.19. The van der Waals surface area contributed by atoms with Crippen LogP contribution in [0.15, 0.2) is 89.7 Å². The van der Waals surface area contributed by atoms with E-state index in [2.05, 4.69) is 42.9 Å². The van der Waals surface area contributed by atoms with Crippen LogP contribution in [-0.2, 0) is 36.0 Å². The number of hydrazine groups is 1. The highest BCUT2D eigenvalue weighted by Crippen LogP contribution is 2.42. The van der Waals surface area contributed by atoms with Crippen LogP contribution >= 0.6 is 0 Å². The Bertz CT molecular complexity index is 1460. The molecule has 0 saturated carbocycles. The van der Waals surface area contributed by atoms with Gasteiger partial charge in [0.15, 0.2) is 0 Å². The lowest BCUT2D eigenvalue weighted by atomic mass is 9.69. The molecule has 5 rings (SSSR count). The molecule has 4 aromatic rings. The van der Waals surface area contributed by atoms with Crippen molar-refractivity contribution in [2.75, 3.05) is 5.43 Å². The van der Waals surface area contributed by atoms with E-state index in [1.165, 1.54) is 5.56 Å². The second-order valence-corrected chi connectivity index (χ2v) is 9.94. The molecule has 0 unspecified atom stereocenters. The van der Waals surface area contributed by atoms with Crippen LogP contribution in [0.25, 0.3) is 11.3 Å². The predicted molar refractivity (Wildman–Crippen MR) is 147 cm³/mol. The molecule has 0 saturated heterocycles. The number of carbonyl (C=O) groups excluding carboxylic acids is 1. The average molecular weight is 493 g/mol. The molecule has 1 aromatic heterocycles.